The van der Waals surface area contributed by atoms with E-state index in [2.05, 4.69) is 6.58 Å². The van der Waals surface area contributed by atoms with Crippen LogP contribution in [0.3, 0.4) is 0 Å². The third-order valence-corrected chi connectivity index (χ3v) is 4.11. The Kier molecular flexibility index (Phi) is 9.13. The number of nitrogens with zero attached hydrogens (tertiary/aromatic N) is 1. The van der Waals surface area contributed by atoms with Gasteiger partial charge in [-0.05, 0) is 51.0 Å². The first-order chi connectivity index (χ1) is 12.8. The van der Waals surface area contributed by atoms with Gasteiger partial charge in [-0.1, -0.05) is 44.7 Å². The van der Waals surface area contributed by atoms with Gasteiger partial charge in [-0.2, -0.15) is 0 Å². The first kappa shape index (κ1) is 22.8. The summed E-state index contributed by atoms with van der Waals surface area (Å²) in [4.78, 5) is 13.8. The minimum absolute atomic E-state index is 0.130. The second-order valence-electron chi connectivity index (χ2n) is 7.26. The van der Waals surface area contributed by atoms with E-state index < -0.39 is 5.60 Å². The number of amides is 1. The summed E-state index contributed by atoms with van der Waals surface area (Å²) in [7, 11) is 0. The first-order valence-electron chi connectivity index (χ1n) is 9.86. The van der Waals surface area contributed by atoms with Crippen LogP contribution in [0, 0.1) is 0 Å². The molecule has 1 aliphatic rings. The van der Waals surface area contributed by atoms with Crippen LogP contribution in [0.1, 0.15) is 59.9 Å². The molecule has 1 heterocycles. The fourth-order valence-corrected chi connectivity index (χ4v) is 2.80. The summed E-state index contributed by atoms with van der Waals surface area (Å²) >= 11 is 0. The lowest BCUT2D eigenvalue weighted by atomic mass is 10.1. The maximum atomic E-state index is 12.1. The number of likely N-dealkylation sites (tertiary alicyclic amines) is 1. The van der Waals surface area contributed by atoms with Crippen molar-refractivity contribution in [3.05, 3.63) is 48.6 Å². The summed E-state index contributed by atoms with van der Waals surface area (Å²) in [6.07, 6.45) is 5.41. The van der Waals surface area contributed by atoms with Crippen LogP contribution in [-0.4, -0.2) is 35.8 Å². The minimum atomic E-state index is -0.455. The summed E-state index contributed by atoms with van der Waals surface area (Å²) in [5.74, 6) is 0.860. The largest absolute Gasteiger partial charge is 0.490 e. The van der Waals surface area contributed by atoms with Crippen LogP contribution in [0.2, 0.25) is 0 Å². The molecule has 1 aromatic carbocycles. The molecule has 0 radical (unpaired) electrons. The fraction of sp³-hybridized carbons (Fsp3) is 0.522. The molecule has 4 heteroatoms. The number of benzene rings is 1. The number of carbonyl (C=O) groups excluding carboxylic acids is 1. The topological polar surface area (TPSA) is 38.8 Å². The number of carbonyl (C=O) groups is 1. The minimum Gasteiger partial charge on any atom is -0.490 e. The number of allylic oxidation sites excluding steroid dienone is 3. The van der Waals surface area contributed by atoms with Crippen LogP contribution >= 0.6 is 0 Å². The number of hydrogen-bond donors (Lipinski definition) is 0. The van der Waals surface area contributed by atoms with Crippen molar-refractivity contribution in [2.24, 2.45) is 0 Å². The molecule has 0 unspecified atom stereocenters. The molecule has 1 saturated heterocycles. The van der Waals surface area contributed by atoms with Crippen molar-refractivity contribution in [2.75, 3.05) is 13.1 Å². The number of hydrogen-bond acceptors (Lipinski definition) is 3. The summed E-state index contributed by atoms with van der Waals surface area (Å²) in [6.45, 7) is 16.8. The van der Waals surface area contributed by atoms with E-state index in [4.69, 9.17) is 9.47 Å². The van der Waals surface area contributed by atoms with Crippen LogP contribution in [0.5, 0.6) is 5.75 Å². The molecule has 1 aliphatic heterocycles. The van der Waals surface area contributed by atoms with Gasteiger partial charge < -0.3 is 14.4 Å². The summed E-state index contributed by atoms with van der Waals surface area (Å²) < 4.78 is 11.5. The van der Waals surface area contributed by atoms with E-state index in [1.807, 2.05) is 78.0 Å². The number of piperidine rings is 1. The molecule has 1 amide bonds. The highest BCUT2D eigenvalue weighted by molar-refractivity contribution is 5.73. The standard InChI is InChI=1S/C21H29NO3.C2H6/c1-6-16(7-2)17-8-10-18(11-9-17)24-19-12-14-22(15-13-19)20(23)25-21(3,4)5;1-2/h6-11,19H,1,12-15H2,2-5H3;1-2H3/b16-7+;. The maximum absolute atomic E-state index is 12.1. The van der Waals surface area contributed by atoms with Crippen molar-refractivity contribution >= 4 is 11.7 Å². The van der Waals surface area contributed by atoms with Crippen molar-refractivity contribution in [1.82, 2.24) is 4.90 Å². The van der Waals surface area contributed by atoms with Gasteiger partial charge in [-0.25, -0.2) is 4.79 Å². The lowest BCUT2D eigenvalue weighted by Crippen LogP contribution is -2.44. The molecule has 0 aromatic heterocycles. The third kappa shape index (κ3) is 7.49. The van der Waals surface area contributed by atoms with Crippen molar-refractivity contribution in [3.63, 3.8) is 0 Å². The van der Waals surface area contributed by atoms with Crippen LogP contribution in [0.25, 0.3) is 5.57 Å². The van der Waals surface area contributed by atoms with Gasteiger partial charge in [-0.3, -0.25) is 0 Å². The monoisotopic (exact) mass is 373 g/mol. The predicted molar refractivity (Wildman–Crippen MR) is 113 cm³/mol. The van der Waals surface area contributed by atoms with Crippen molar-refractivity contribution in [3.8, 4) is 5.75 Å². The highest BCUT2D eigenvalue weighted by Crippen LogP contribution is 2.23. The number of rotatable bonds is 4. The molecule has 0 N–H and O–H groups in total. The average Bonchev–Trinajstić information content (AvgIpc) is 2.65. The van der Waals surface area contributed by atoms with E-state index in [9.17, 15) is 4.79 Å². The van der Waals surface area contributed by atoms with E-state index in [0.29, 0.717) is 13.1 Å². The van der Waals surface area contributed by atoms with Gasteiger partial charge in [-0.15, -0.1) is 0 Å². The highest BCUT2D eigenvalue weighted by Gasteiger charge is 2.27. The average molecular weight is 374 g/mol. The Labute approximate surface area is 164 Å². The van der Waals surface area contributed by atoms with Gasteiger partial charge in [0.15, 0.2) is 0 Å². The van der Waals surface area contributed by atoms with E-state index in [1.165, 1.54) is 0 Å². The van der Waals surface area contributed by atoms with Crippen molar-refractivity contribution < 1.29 is 14.3 Å². The van der Waals surface area contributed by atoms with Gasteiger partial charge in [0, 0.05) is 25.9 Å². The Morgan fingerprint density at radius 1 is 1.15 bits per heavy atom. The molecule has 0 aliphatic carbocycles. The van der Waals surface area contributed by atoms with E-state index >= 15 is 0 Å². The molecule has 0 atom stereocenters. The summed E-state index contributed by atoms with van der Waals surface area (Å²) in [5, 5.41) is 0. The van der Waals surface area contributed by atoms with E-state index in [-0.39, 0.29) is 12.2 Å². The maximum Gasteiger partial charge on any atom is 0.410 e. The molecular weight excluding hydrogens is 338 g/mol. The first-order valence-corrected chi connectivity index (χ1v) is 9.86. The molecule has 0 spiro atoms. The summed E-state index contributed by atoms with van der Waals surface area (Å²) in [6, 6.07) is 8.06. The third-order valence-electron chi connectivity index (χ3n) is 4.11. The molecule has 0 saturated carbocycles. The van der Waals surface area contributed by atoms with E-state index in [0.717, 1.165) is 29.7 Å². The molecule has 4 nitrogen and oxygen atoms in total. The molecule has 1 fully saturated rings. The molecule has 27 heavy (non-hydrogen) atoms. The quantitative estimate of drug-likeness (QED) is 0.600. The zero-order chi connectivity index (χ0) is 20.4. The zero-order valence-electron chi connectivity index (χ0n) is 17.7. The Morgan fingerprint density at radius 3 is 2.15 bits per heavy atom. The van der Waals surface area contributed by atoms with Gasteiger partial charge in [0.2, 0.25) is 0 Å². The smallest absolute Gasteiger partial charge is 0.410 e. The van der Waals surface area contributed by atoms with Crippen LogP contribution in [-0.2, 0) is 4.74 Å². The molecular formula is C23H35NO3. The zero-order valence-corrected chi connectivity index (χ0v) is 17.7. The van der Waals surface area contributed by atoms with Crippen LogP contribution in [0.4, 0.5) is 4.79 Å². The molecule has 2 rings (SSSR count). The number of ether oxygens (including phenoxy) is 2. The van der Waals surface area contributed by atoms with E-state index in [1.54, 1.807) is 4.90 Å². The van der Waals surface area contributed by atoms with Gasteiger partial charge in [0.1, 0.15) is 17.5 Å². The van der Waals surface area contributed by atoms with Crippen LogP contribution < -0.4 is 4.74 Å². The lowest BCUT2D eigenvalue weighted by molar-refractivity contribution is 0.0126. The Balaban J connectivity index is 0.00000176. The Bertz CT molecular complexity index is 618. The second-order valence-corrected chi connectivity index (χ2v) is 7.26. The Hall–Kier alpha value is -2.23. The van der Waals surface area contributed by atoms with Gasteiger partial charge >= 0.3 is 6.09 Å². The SMILES string of the molecule is C=C/C(=C\C)c1ccc(OC2CCN(C(=O)OC(C)(C)C)CC2)cc1.CC. The van der Waals surface area contributed by atoms with Crippen LogP contribution in [0.15, 0.2) is 43.0 Å². The van der Waals surface area contributed by atoms with Crippen molar-refractivity contribution in [2.45, 2.75) is 66.1 Å². The van der Waals surface area contributed by atoms with Gasteiger partial charge in [0.25, 0.3) is 0 Å². The second kappa shape index (κ2) is 10.8. The molecule has 150 valence electrons. The van der Waals surface area contributed by atoms with Gasteiger partial charge in [0.05, 0.1) is 0 Å². The Morgan fingerprint density at radius 2 is 1.70 bits per heavy atom. The predicted octanol–water partition coefficient (Wildman–Crippen LogP) is 6.08. The highest BCUT2D eigenvalue weighted by atomic mass is 16.6. The van der Waals surface area contributed by atoms with Crippen molar-refractivity contribution in [1.29, 1.82) is 0 Å². The molecule has 1 aromatic rings. The fourth-order valence-electron chi connectivity index (χ4n) is 2.80. The normalized spacial score (nSPS) is 15.5. The lowest BCUT2D eigenvalue weighted by Gasteiger charge is -2.33. The molecule has 0 bridgehead atoms. The summed E-state index contributed by atoms with van der Waals surface area (Å²) in [5.41, 5.74) is 1.78.